The van der Waals surface area contributed by atoms with Crippen molar-refractivity contribution in [3.63, 3.8) is 0 Å². The highest BCUT2D eigenvalue weighted by molar-refractivity contribution is 7.98. The molecule has 0 saturated carbocycles. The molecule has 4 rings (SSSR count). The molecule has 2 heterocycles. The van der Waals surface area contributed by atoms with Crippen molar-refractivity contribution >= 4 is 11.8 Å². The van der Waals surface area contributed by atoms with Crippen LogP contribution in [0.5, 0.6) is 0 Å². The van der Waals surface area contributed by atoms with Gasteiger partial charge in [0, 0.05) is 17.5 Å². The molecule has 2 aromatic heterocycles. The summed E-state index contributed by atoms with van der Waals surface area (Å²) < 4.78 is 44.1. The van der Waals surface area contributed by atoms with Crippen LogP contribution in [0.2, 0.25) is 0 Å². The summed E-state index contributed by atoms with van der Waals surface area (Å²) >= 11 is 1.44. The summed E-state index contributed by atoms with van der Waals surface area (Å²) in [4.78, 5) is 27.4. The van der Waals surface area contributed by atoms with Gasteiger partial charge in [-0.05, 0) is 68.6 Å². The van der Waals surface area contributed by atoms with E-state index in [4.69, 9.17) is 5.26 Å². The molecule has 1 atom stereocenters. The molecule has 0 aliphatic rings. The van der Waals surface area contributed by atoms with Crippen molar-refractivity contribution in [1.82, 2.24) is 18.9 Å². The lowest BCUT2D eigenvalue weighted by Gasteiger charge is -2.21. The minimum Gasteiger partial charge on any atom is -0.268 e. The third kappa shape index (κ3) is 4.84. The summed E-state index contributed by atoms with van der Waals surface area (Å²) in [5.41, 5.74) is -0.525. The van der Waals surface area contributed by atoms with Gasteiger partial charge in [0.25, 0.3) is 5.56 Å². The van der Waals surface area contributed by atoms with E-state index in [1.54, 1.807) is 37.3 Å². The lowest BCUT2D eigenvalue weighted by Crippen LogP contribution is -2.43. The largest absolute Gasteiger partial charge is 0.416 e. The molecule has 4 aromatic rings. The van der Waals surface area contributed by atoms with Gasteiger partial charge in [-0.2, -0.15) is 35.3 Å². The normalized spacial score (nSPS) is 12.4. The van der Waals surface area contributed by atoms with Gasteiger partial charge in [0.1, 0.15) is 0 Å². The van der Waals surface area contributed by atoms with Crippen LogP contribution in [0.15, 0.2) is 70.4 Å². The number of nitrogens with zero attached hydrogens (tertiary/aromatic N) is 5. The summed E-state index contributed by atoms with van der Waals surface area (Å²) in [5.74, 6) is 0.440. The molecule has 0 bridgehead atoms. The standard InChI is InChI=1S/C26H22F3N5O2S/c1-16(15-37-3)32-24(35)23(22-11-12-31-34(22)20-9-7-18(14-30)8-10-20)17(2)33(25(32)36)21-6-4-5-19(13-21)26(27,28)29/h4-13,16H,15H2,1-3H3. The lowest BCUT2D eigenvalue weighted by molar-refractivity contribution is -0.137. The first-order valence-corrected chi connectivity index (χ1v) is 12.6. The zero-order valence-corrected chi connectivity index (χ0v) is 21.0. The Morgan fingerprint density at radius 3 is 2.41 bits per heavy atom. The maximum Gasteiger partial charge on any atom is 0.416 e. The first-order chi connectivity index (χ1) is 17.6. The molecule has 190 valence electrons. The van der Waals surface area contributed by atoms with Crippen molar-refractivity contribution in [1.29, 1.82) is 5.26 Å². The van der Waals surface area contributed by atoms with Crippen LogP contribution < -0.4 is 11.2 Å². The molecular formula is C26H22F3N5O2S. The maximum absolute atomic E-state index is 13.8. The average molecular weight is 526 g/mol. The van der Waals surface area contributed by atoms with Crippen LogP contribution in [-0.2, 0) is 6.18 Å². The SMILES string of the molecule is CSCC(C)n1c(=O)c(-c2ccnn2-c2ccc(C#N)cc2)c(C)n(-c2cccc(C(F)(F)F)c2)c1=O. The Morgan fingerprint density at radius 1 is 1.08 bits per heavy atom. The van der Waals surface area contributed by atoms with Crippen LogP contribution in [0.3, 0.4) is 0 Å². The van der Waals surface area contributed by atoms with Crippen molar-refractivity contribution < 1.29 is 13.2 Å². The monoisotopic (exact) mass is 525 g/mol. The highest BCUT2D eigenvalue weighted by Gasteiger charge is 2.31. The molecule has 2 aromatic carbocycles. The highest BCUT2D eigenvalue weighted by atomic mass is 32.2. The van der Waals surface area contributed by atoms with Gasteiger partial charge in [-0.15, -0.1) is 0 Å². The lowest BCUT2D eigenvalue weighted by atomic mass is 10.1. The van der Waals surface area contributed by atoms with Gasteiger partial charge in [0.05, 0.1) is 46.0 Å². The Hall–Kier alpha value is -4.04. The third-order valence-corrected chi connectivity index (χ3v) is 6.76. The van der Waals surface area contributed by atoms with E-state index < -0.39 is 29.0 Å². The first-order valence-electron chi connectivity index (χ1n) is 11.2. The van der Waals surface area contributed by atoms with E-state index in [-0.39, 0.29) is 16.9 Å². The van der Waals surface area contributed by atoms with Crippen molar-refractivity contribution in [3.8, 4) is 28.7 Å². The number of aromatic nitrogens is 4. The molecule has 0 amide bonds. The van der Waals surface area contributed by atoms with E-state index in [0.29, 0.717) is 22.7 Å². The fraction of sp³-hybridized carbons (Fsp3) is 0.231. The number of nitriles is 1. The highest BCUT2D eigenvalue weighted by Crippen LogP contribution is 2.31. The molecular weight excluding hydrogens is 503 g/mol. The number of hydrogen-bond donors (Lipinski definition) is 0. The molecule has 11 heteroatoms. The van der Waals surface area contributed by atoms with Gasteiger partial charge < -0.3 is 0 Å². The van der Waals surface area contributed by atoms with Crippen molar-refractivity contribution in [2.45, 2.75) is 26.1 Å². The van der Waals surface area contributed by atoms with E-state index in [1.165, 1.54) is 41.7 Å². The fourth-order valence-corrected chi connectivity index (χ4v) is 4.86. The second kappa shape index (κ2) is 10.1. The van der Waals surface area contributed by atoms with Gasteiger partial charge in [-0.25, -0.2) is 9.48 Å². The number of halogens is 3. The van der Waals surface area contributed by atoms with Gasteiger partial charge in [0.15, 0.2) is 0 Å². The Bertz CT molecular complexity index is 1610. The minimum absolute atomic E-state index is 0.00638. The van der Waals surface area contributed by atoms with E-state index >= 15 is 0 Å². The smallest absolute Gasteiger partial charge is 0.268 e. The van der Waals surface area contributed by atoms with Crippen LogP contribution in [0.25, 0.3) is 22.6 Å². The molecule has 0 radical (unpaired) electrons. The number of benzene rings is 2. The predicted molar refractivity (Wildman–Crippen MR) is 136 cm³/mol. The maximum atomic E-state index is 13.8. The van der Waals surface area contributed by atoms with E-state index in [2.05, 4.69) is 5.10 Å². The van der Waals surface area contributed by atoms with Crippen molar-refractivity contribution in [2.75, 3.05) is 12.0 Å². The second-order valence-electron chi connectivity index (χ2n) is 8.39. The summed E-state index contributed by atoms with van der Waals surface area (Å²) in [6.07, 6.45) is -1.28. The van der Waals surface area contributed by atoms with E-state index in [1.807, 2.05) is 12.3 Å². The van der Waals surface area contributed by atoms with Gasteiger partial charge in [-0.3, -0.25) is 13.9 Å². The third-order valence-electron chi connectivity index (χ3n) is 5.95. The Morgan fingerprint density at radius 2 is 1.78 bits per heavy atom. The van der Waals surface area contributed by atoms with E-state index in [0.717, 1.165) is 21.3 Å². The zero-order valence-electron chi connectivity index (χ0n) is 20.2. The Kier molecular flexibility index (Phi) is 7.14. The molecule has 1 unspecified atom stereocenters. The Balaban J connectivity index is 2.05. The minimum atomic E-state index is -4.61. The van der Waals surface area contributed by atoms with Crippen molar-refractivity contribution in [3.05, 3.63) is 98.5 Å². The van der Waals surface area contributed by atoms with E-state index in [9.17, 15) is 22.8 Å². The quantitative estimate of drug-likeness (QED) is 0.355. The zero-order chi connectivity index (χ0) is 26.9. The number of hydrogen-bond acceptors (Lipinski definition) is 5. The van der Waals surface area contributed by atoms with Crippen LogP contribution in [0.4, 0.5) is 13.2 Å². The first kappa shape index (κ1) is 26.0. The summed E-state index contributed by atoms with van der Waals surface area (Å²) in [5, 5.41) is 13.4. The number of rotatable bonds is 6. The second-order valence-corrected chi connectivity index (χ2v) is 9.30. The topological polar surface area (TPSA) is 85.6 Å². The van der Waals surface area contributed by atoms with Gasteiger partial charge >= 0.3 is 11.9 Å². The molecule has 0 aliphatic heterocycles. The molecule has 0 N–H and O–H groups in total. The molecule has 7 nitrogen and oxygen atoms in total. The molecule has 0 fully saturated rings. The number of thioether (sulfide) groups is 1. The summed E-state index contributed by atoms with van der Waals surface area (Å²) in [6.45, 7) is 3.24. The molecule has 37 heavy (non-hydrogen) atoms. The average Bonchev–Trinajstić information content (AvgIpc) is 3.33. The fourth-order valence-electron chi connectivity index (χ4n) is 4.23. The van der Waals surface area contributed by atoms with Crippen LogP contribution in [0, 0.1) is 18.3 Å². The van der Waals surface area contributed by atoms with Crippen LogP contribution >= 0.6 is 11.8 Å². The molecule has 0 saturated heterocycles. The summed E-state index contributed by atoms with van der Waals surface area (Å²) in [6, 6.07) is 14.1. The van der Waals surface area contributed by atoms with Gasteiger partial charge in [-0.1, -0.05) is 6.07 Å². The van der Waals surface area contributed by atoms with Crippen molar-refractivity contribution in [2.24, 2.45) is 0 Å². The predicted octanol–water partition coefficient (Wildman–Crippen LogP) is 4.97. The molecule has 0 spiro atoms. The van der Waals surface area contributed by atoms with Gasteiger partial charge in [0.2, 0.25) is 0 Å². The molecule has 0 aliphatic carbocycles. The Labute approximate surface area is 214 Å². The summed E-state index contributed by atoms with van der Waals surface area (Å²) in [7, 11) is 0. The van der Waals surface area contributed by atoms with Crippen LogP contribution in [-0.4, -0.2) is 30.9 Å². The van der Waals surface area contributed by atoms with Crippen LogP contribution in [0.1, 0.15) is 29.8 Å². The number of alkyl halides is 3.